The summed E-state index contributed by atoms with van der Waals surface area (Å²) >= 11 is 0. The van der Waals surface area contributed by atoms with Crippen LogP contribution < -0.4 is 4.90 Å². The molecule has 0 aromatic heterocycles. The maximum Gasteiger partial charge on any atom is 0.226 e. The summed E-state index contributed by atoms with van der Waals surface area (Å²) in [5, 5.41) is 10.6. The second-order valence-corrected chi connectivity index (χ2v) is 7.39. The molecule has 0 spiro atoms. The largest absolute Gasteiger partial charge is 0.387 e. The van der Waals surface area contributed by atoms with Gasteiger partial charge < -0.3 is 14.9 Å². The fraction of sp³-hybridized carbons (Fsp3) is 0.650. The van der Waals surface area contributed by atoms with Gasteiger partial charge in [0.15, 0.2) is 0 Å². The van der Waals surface area contributed by atoms with Crippen molar-refractivity contribution < 1.29 is 9.90 Å². The van der Waals surface area contributed by atoms with E-state index >= 15 is 0 Å². The van der Waals surface area contributed by atoms with Crippen LogP contribution in [0, 0.1) is 5.92 Å². The van der Waals surface area contributed by atoms with E-state index in [0.29, 0.717) is 13.0 Å². The first kappa shape index (κ1) is 17.4. The highest BCUT2D eigenvalue weighted by Gasteiger charge is 2.24. The van der Waals surface area contributed by atoms with Gasteiger partial charge in [-0.15, -0.1) is 0 Å². The molecule has 1 amide bonds. The molecule has 0 aliphatic carbocycles. The van der Waals surface area contributed by atoms with Crippen LogP contribution in [0.2, 0.25) is 0 Å². The molecule has 1 aromatic rings. The lowest BCUT2D eigenvalue weighted by Gasteiger charge is -2.32. The average Bonchev–Trinajstić information content (AvgIpc) is 2.62. The highest BCUT2D eigenvalue weighted by molar-refractivity contribution is 5.94. The van der Waals surface area contributed by atoms with Gasteiger partial charge in [0.05, 0.1) is 6.10 Å². The van der Waals surface area contributed by atoms with E-state index in [9.17, 15) is 9.90 Å². The molecule has 2 aliphatic heterocycles. The average molecular weight is 330 g/mol. The molecule has 4 heteroatoms. The predicted molar refractivity (Wildman–Crippen MR) is 97.2 cm³/mol. The second-order valence-electron chi connectivity index (χ2n) is 7.39. The molecule has 0 bridgehead atoms. The summed E-state index contributed by atoms with van der Waals surface area (Å²) in [6.45, 7) is 7.91. The molecule has 24 heavy (non-hydrogen) atoms. The SMILES string of the molecule is CCC(=O)N1CCCc2cc([C@@H](O)CN3CCC(C)CC3)ccc21. The molecule has 1 saturated heterocycles. The van der Waals surface area contributed by atoms with Crippen molar-refractivity contribution in [3.63, 3.8) is 0 Å². The van der Waals surface area contributed by atoms with Gasteiger partial charge in [0, 0.05) is 25.2 Å². The number of carbonyl (C=O) groups excluding carboxylic acids is 1. The number of amides is 1. The quantitative estimate of drug-likeness (QED) is 0.922. The third-order valence-corrected chi connectivity index (χ3v) is 5.52. The zero-order valence-electron chi connectivity index (χ0n) is 15.0. The Morgan fingerprint density at radius 3 is 2.75 bits per heavy atom. The highest BCUT2D eigenvalue weighted by Crippen LogP contribution is 2.31. The van der Waals surface area contributed by atoms with E-state index in [4.69, 9.17) is 0 Å². The van der Waals surface area contributed by atoms with Gasteiger partial charge in [-0.05, 0) is 61.9 Å². The van der Waals surface area contributed by atoms with Crippen LogP contribution in [0.1, 0.15) is 56.8 Å². The fourth-order valence-electron chi connectivity index (χ4n) is 3.87. The van der Waals surface area contributed by atoms with Gasteiger partial charge in [0.25, 0.3) is 0 Å². The van der Waals surface area contributed by atoms with E-state index in [2.05, 4.69) is 17.9 Å². The summed E-state index contributed by atoms with van der Waals surface area (Å²) in [5.41, 5.74) is 3.22. The molecule has 4 nitrogen and oxygen atoms in total. The van der Waals surface area contributed by atoms with E-state index in [-0.39, 0.29) is 5.91 Å². The second kappa shape index (κ2) is 7.66. The van der Waals surface area contributed by atoms with Crippen molar-refractivity contribution in [3.05, 3.63) is 29.3 Å². The number of benzene rings is 1. The van der Waals surface area contributed by atoms with Crippen molar-refractivity contribution in [1.29, 1.82) is 0 Å². The van der Waals surface area contributed by atoms with Crippen LogP contribution in [0.15, 0.2) is 18.2 Å². The zero-order valence-corrected chi connectivity index (χ0v) is 15.0. The first-order chi connectivity index (χ1) is 11.6. The molecule has 1 fully saturated rings. The topological polar surface area (TPSA) is 43.8 Å². The van der Waals surface area contributed by atoms with Crippen molar-refractivity contribution in [1.82, 2.24) is 4.90 Å². The van der Waals surface area contributed by atoms with E-state index in [1.54, 1.807) is 0 Å². The minimum absolute atomic E-state index is 0.187. The number of β-amino-alcohol motifs (C(OH)–C–C–N with tert-alkyl or cyclic N) is 1. The molecular formula is C20H30N2O2. The Bertz CT molecular complexity index is 579. The third kappa shape index (κ3) is 3.81. The lowest BCUT2D eigenvalue weighted by molar-refractivity contribution is -0.118. The lowest BCUT2D eigenvalue weighted by atomic mass is 9.95. The van der Waals surface area contributed by atoms with Gasteiger partial charge in [-0.2, -0.15) is 0 Å². The number of fused-ring (bicyclic) bond motifs is 1. The summed E-state index contributed by atoms with van der Waals surface area (Å²) in [4.78, 5) is 16.4. The molecule has 1 atom stereocenters. The van der Waals surface area contributed by atoms with Gasteiger partial charge in [0.1, 0.15) is 0 Å². The number of aliphatic hydroxyl groups excluding tert-OH is 1. The molecular weight excluding hydrogens is 300 g/mol. The first-order valence-electron chi connectivity index (χ1n) is 9.42. The van der Waals surface area contributed by atoms with E-state index in [1.807, 2.05) is 24.0 Å². The molecule has 0 radical (unpaired) electrons. The van der Waals surface area contributed by atoms with Gasteiger partial charge in [-0.1, -0.05) is 26.0 Å². The smallest absolute Gasteiger partial charge is 0.226 e. The summed E-state index contributed by atoms with van der Waals surface area (Å²) in [5.74, 6) is 0.996. The van der Waals surface area contributed by atoms with Crippen molar-refractivity contribution >= 4 is 11.6 Å². The zero-order chi connectivity index (χ0) is 17.1. The maximum atomic E-state index is 12.1. The number of nitrogens with zero attached hydrogens (tertiary/aromatic N) is 2. The molecule has 0 saturated carbocycles. The number of rotatable bonds is 4. The number of hydrogen-bond donors (Lipinski definition) is 1. The maximum absolute atomic E-state index is 12.1. The van der Waals surface area contributed by atoms with E-state index in [0.717, 1.165) is 49.6 Å². The van der Waals surface area contributed by atoms with Crippen LogP contribution >= 0.6 is 0 Å². The first-order valence-corrected chi connectivity index (χ1v) is 9.42. The Morgan fingerprint density at radius 1 is 1.29 bits per heavy atom. The number of carbonyl (C=O) groups is 1. The van der Waals surface area contributed by atoms with Gasteiger partial charge in [0.2, 0.25) is 5.91 Å². The van der Waals surface area contributed by atoms with Gasteiger partial charge in [-0.3, -0.25) is 4.79 Å². The van der Waals surface area contributed by atoms with Crippen molar-refractivity contribution in [2.24, 2.45) is 5.92 Å². The molecule has 132 valence electrons. The van der Waals surface area contributed by atoms with Gasteiger partial charge >= 0.3 is 0 Å². The Labute approximate surface area is 145 Å². The van der Waals surface area contributed by atoms with Crippen LogP contribution in [0.25, 0.3) is 0 Å². The Morgan fingerprint density at radius 2 is 2.04 bits per heavy atom. The monoisotopic (exact) mass is 330 g/mol. The normalized spacial score (nSPS) is 20.7. The number of anilines is 1. The predicted octanol–water partition coefficient (Wildman–Crippen LogP) is 3.14. The minimum atomic E-state index is -0.444. The van der Waals surface area contributed by atoms with Crippen molar-refractivity contribution in [2.75, 3.05) is 31.1 Å². The van der Waals surface area contributed by atoms with E-state index in [1.165, 1.54) is 18.4 Å². The summed E-state index contributed by atoms with van der Waals surface area (Å²) in [7, 11) is 0. The molecule has 2 heterocycles. The van der Waals surface area contributed by atoms with Crippen molar-refractivity contribution in [3.8, 4) is 0 Å². The summed E-state index contributed by atoms with van der Waals surface area (Å²) < 4.78 is 0. The number of hydrogen-bond acceptors (Lipinski definition) is 3. The number of likely N-dealkylation sites (tertiary alicyclic amines) is 1. The van der Waals surface area contributed by atoms with Gasteiger partial charge in [-0.25, -0.2) is 0 Å². The molecule has 1 aromatic carbocycles. The highest BCUT2D eigenvalue weighted by atomic mass is 16.3. The molecule has 3 rings (SSSR count). The summed E-state index contributed by atoms with van der Waals surface area (Å²) in [6.07, 6.45) is 4.54. The molecule has 0 unspecified atom stereocenters. The number of piperidine rings is 1. The molecule has 1 N–H and O–H groups in total. The molecule has 2 aliphatic rings. The Hall–Kier alpha value is -1.39. The summed E-state index contributed by atoms with van der Waals surface area (Å²) in [6, 6.07) is 6.14. The van der Waals surface area contributed by atoms with Crippen LogP contribution in [0.5, 0.6) is 0 Å². The van der Waals surface area contributed by atoms with Crippen molar-refractivity contribution in [2.45, 2.75) is 52.1 Å². The van der Waals surface area contributed by atoms with Crippen LogP contribution in [-0.2, 0) is 11.2 Å². The standard InChI is InChI=1S/C20H30N2O2/c1-3-20(24)22-10-4-5-16-13-17(6-7-18(16)22)19(23)14-21-11-8-15(2)9-12-21/h6-7,13,15,19,23H,3-5,8-12,14H2,1-2H3/t19-/m0/s1. The third-order valence-electron chi connectivity index (χ3n) is 5.52. The van der Waals surface area contributed by atoms with Crippen LogP contribution in [-0.4, -0.2) is 42.1 Å². The number of aryl methyl sites for hydroxylation is 1. The number of aliphatic hydroxyl groups is 1. The lowest BCUT2D eigenvalue weighted by Crippen LogP contribution is -2.36. The van der Waals surface area contributed by atoms with E-state index < -0.39 is 6.10 Å². The Balaban J connectivity index is 1.70. The Kier molecular flexibility index (Phi) is 5.57. The van der Waals surface area contributed by atoms with Crippen LogP contribution in [0.3, 0.4) is 0 Å². The van der Waals surface area contributed by atoms with Crippen LogP contribution in [0.4, 0.5) is 5.69 Å². The fourth-order valence-corrected chi connectivity index (χ4v) is 3.87. The minimum Gasteiger partial charge on any atom is -0.387 e.